The Bertz CT molecular complexity index is 757. The fourth-order valence-corrected chi connectivity index (χ4v) is 3.94. The van der Waals surface area contributed by atoms with E-state index in [9.17, 15) is 4.39 Å². The fourth-order valence-electron chi connectivity index (χ4n) is 3.94. The molecule has 2 fully saturated rings. The second kappa shape index (κ2) is 7.70. The number of nitrogens with two attached hydrogens (primary N) is 1. The van der Waals surface area contributed by atoms with Crippen molar-refractivity contribution in [1.29, 1.82) is 0 Å². The number of halogens is 1. The van der Waals surface area contributed by atoms with Crippen molar-refractivity contribution >= 4 is 5.82 Å². The predicted octanol–water partition coefficient (Wildman–Crippen LogP) is 2.12. The summed E-state index contributed by atoms with van der Waals surface area (Å²) in [6, 6.07) is 12.1. The van der Waals surface area contributed by atoms with Gasteiger partial charge in [-0.25, -0.2) is 9.37 Å². The van der Waals surface area contributed by atoms with Crippen LogP contribution in [-0.2, 0) is 11.2 Å². The summed E-state index contributed by atoms with van der Waals surface area (Å²) < 4.78 is 20.1. The molecule has 2 atom stereocenters. The third kappa shape index (κ3) is 4.03. The van der Waals surface area contributed by atoms with Gasteiger partial charge in [0.15, 0.2) is 0 Å². The van der Waals surface area contributed by atoms with Gasteiger partial charge >= 0.3 is 0 Å². The summed E-state index contributed by atoms with van der Waals surface area (Å²) in [7, 11) is 0. The number of hydrogen-bond donors (Lipinski definition) is 3. The lowest BCUT2D eigenvalue weighted by Crippen LogP contribution is -2.58. The van der Waals surface area contributed by atoms with Crippen LogP contribution in [0.4, 0.5) is 10.2 Å². The van der Waals surface area contributed by atoms with Crippen LogP contribution in [0.15, 0.2) is 36.4 Å². The highest BCUT2D eigenvalue weighted by molar-refractivity contribution is 5.61. The van der Waals surface area contributed by atoms with Crippen LogP contribution in [0, 0.1) is 5.82 Å². The number of nitrogens with one attached hydrogen (secondary N) is 2. The minimum absolute atomic E-state index is 0.191. The second-order valence-electron chi connectivity index (χ2n) is 7.22. The molecule has 5 nitrogen and oxygen atoms in total. The smallest absolute Gasteiger partial charge is 0.127 e. The van der Waals surface area contributed by atoms with Gasteiger partial charge in [-0.2, -0.15) is 0 Å². The fraction of sp³-hybridized carbons (Fsp3) is 0.450. The number of benzene rings is 1. The molecule has 0 saturated carbocycles. The average molecular weight is 356 g/mol. The van der Waals surface area contributed by atoms with Crippen LogP contribution in [0.3, 0.4) is 0 Å². The van der Waals surface area contributed by atoms with Gasteiger partial charge in [0.1, 0.15) is 11.6 Å². The molecular weight excluding hydrogens is 331 g/mol. The van der Waals surface area contributed by atoms with E-state index < -0.39 is 0 Å². The molecule has 2 saturated heterocycles. The number of ether oxygens (including phenoxy) is 1. The predicted molar refractivity (Wildman–Crippen MR) is 100 cm³/mol. The van der Waals surface area contributed by atoms with E-state index >= 15 is 0 Å². The average Bonchev–Trinajstić information content (AvgIpc) is 2.63. The summed E-state index contributed by atoms with van der Waals surface area (Å²) in [5.74, 6) is 0.248. The maximum absolute atomic E-state index is 14.5. The molecule has 1 aromatic heterocycles. The Kier molecular flexibility index (Phi) is 5.15. The van der Waals surface area contributed by atoms with Gasteiger partial charge in [-0.15, -0.1) is 0 Å². The van der Waals surface area contributed by atoms with E-state index in [0.717, 1.165) is 43.7 Å². The first-order valence-corrected chi connectivity index (χ1v) is 9.26. The van der Waals surface area contributed by atoms with Gasteiger partial charge in [-0.1, -0.05) is 18.2 Å². The zero-order valence-corrected chi connectivity index (χ0v) is 14.7. The number of anilines is 1. The Morgan fingerprint density at radius 2 is 2.00 bits per heavy atom. The lowest BCUT2D eigenvalue weighted by atomic mass is 9.92. The van der Waals surface area contributed by atoms with Crippen LogP contribution in [-0.4, -0.2) is 42.9 Å². The minimum Gasteiger partial charge on any atom is -0.384 e. The summed E-state index contributed by atoms with van der Waals surface area (Å²) in [5.41, 5.74) is 7.87. The van der Waals surface area contributed by atoms with Crippen LogP contribution < -0.4 is 16.4 Å². The van der Waals surface area contributed by atoms with E-state index in [0.29, 0.717) is 36.1 Å². The molecule has 0 radical (unpaired) electrons. The first-order chi connectivity index (χ1) is 12.7. The standard InChI is InChI=1S/C20H25FN4O/c21-18-8-14(19-2-1-3-20(22)25-19)5-4-13(18)6-7-23-15-9-16-11-26-12-17(10-15)24-16/h1-5,8,15-17,23-24H,6-7,9-12H2,(H2,22,25). The van der Waals surface area contributed by atoms with Gasteiger partial charge in [0.2, 0.25) is 0 Å². The zero-order valence-electron chi connectivity index (χ0n) is 14.7. The minimum atomic E-state index is -0.191. The summed E-state index contributed by atoms with van der Waals surface area (Å²) >= 11 is 0. The lowest BCUT2D eigenvalue weighted by Gasteiger charge is -2.40. The summed E-state index contributed by atoms with van der Waals surface area (Å²) in [5, 5.41) is 7.17. The molecule has 2 bridgehead atoms. The third-order valence-electron chi connectivity index (χ3n) is 5.19. The third-order valence-corrected chi connectivity index (χ3v) is 5.19. The van der Waals surface area contributed by atoms with Crippen LogP contribution >= 0.6 is 0 Å². The van der Waals surface area contributed by atoms with E-state index in [-0.39, 0.29) is 5.82 Å². The Labute approximate surface area is 153 Å². The number of morpholine rings is 1. The molecule has 2 aromatic rings. The van der Waals surface area contributed by atoms with Crippen molar-refractivity contribution in [3.05, 3.63) is 47.8 Å². The maximum Gasteiger partial charge on any atom is 0.127 e. The first kappa shape index (κ1) is 17.4. The topological polar surface area (TPSA) is 72.2 Å². The zero-order chi connectivity index (χ0) is 17.9. The van der Waals surface area contributed by atoms with Crippen LogP contribution in [0.25, 0.3) is 11.3 Å². The molecule has 26 heavy (non-hydrogen) atoms. The van der Waals surface area contributed by atoms with Crippen LogP contribution in [0.1, 0.15) is 18.4 Å². The Balaban J connectivity index is 1.34. The number of nitrogens with zero attached hydrogens (tertiary/aromatic N) is 1. The van der Waals surface area contributed by atoms with E-state index in [4.69, 9.17) is 10.5 Å². The molecule has 2 unspecified atom stereocenters. The molecule has 2 aliphatic heterocycles. The van der Waals surface area contributed by atoms with Crippen molar-refractivity contribution in [1.82, 2.24) is 15.6 Å². The Morgan fingerprint density at radius 1 is 1.19 bits per heavy atom. The Hall–Kier alpha value is -2.02. The van der Waals surface area contributed by atoms with Crippen molar-refractivity contribution in [3.8, 4) is 11.3 Å². The molecule has 6 heteroatoms. The molecule has 0 amide bonds. The van der Waals surface area contributed by atoms with Gasteiger partial charge in [0, 0.05) is 23.7 Å². The van der Waals surface area contributed by atoms with Crippen LogP contribution in [0.2, 0.25) is 0 Å². The molecule has 2 aliphatic rings. The number of nitrogen functional groups attached to an aromatic ring is 1. The largest absolute Gasteiger partial charge is 0.384 e. The van der Waals surface area contributed by atoms with Gasteiger partial charge in [-0.3, -0.25) is 0 Å². The highest BCUT2D eigenvalue weighted by Gasteiger charge is 2.31. The molecule has 138 valence electrons. The van der Waals surface area contributed by atoms with Crippen molar-refractivity contribution in [3.63, 3.8) is 0 Å². The molecule has 4 rings (SSSR count). The van der Waals surface area contributed by atoms with E-state index in [1.54, 1.807) is 12.1 Å². The van der Waals surface area contributed by atoms with Crippen molar-refractivity contribution in [2.75, 3.05) is 25.5 Å². The monoisotopic (exact) mass is 356 g/mol. The lowest BCUT2D eigenvalue weighted by molar-refractivity contribution is 0.0148. The number of rotatable bonds is 5. The van der Waals surface area contributed by atoms with Crippen LogP contribution in [0.5, 0.6) is 0 Å². The van der Waals surface area contributed by atoms with Gasteiger partial charge in [0.25, 0.3) is 0 Å². The molecule has 0 aliphatic carbocycles. The normalized spacial score (nSPS) is 25.2. The number of hydrogen-bond acceptors (Lipinski definition) is 5. The number of pyridine rings is 1. The van der Waals surface area contributed by atoms with Crippen molar-refractivity contribution in [2.45, 2.75) is 37.4 Å². The summed E-state index contributed by atoms with van der Waals surface area (Å²) in [4.78, 5) is 4.25. The molecule has 4 N–H and O–H groups in total. The van der Waals surface area contributed by atoms with E-state index in [2.05, 4.69) is 15.6 Å². The molecule has 0 spiro atoms. The number of fused-ring (bicyclic) bond motifs is 2. The number of piperidine rings is 1. The molecular formula is C20H25FN4O. The quantitative estimate of drug-likeness (QED) is 0.765. The van der Waals surface area contributed by atoms with Gasteiger partial charge in [-0.05, 0) is 49.6 Å². The maximum atomic E-state index is 14.5. The van der Waals surface area contributed by atoms with Crippen molar-refractivity contribution < 1.29 is 9.13 Å². The first-order valence-electron chi connectivity index (χ1n) is 9.26. The van der Waals surface area contributed by atoms with Gasteiger partial charge in [0.05, 0.1) is 18.9 Å². The molecule has 1 aromatic carbocycles. The second-order valence-corrected chi connectivity index (χ2v) is 7.22. The molecule has 3 heterocycles. The number of aromatic nitrogens is 1. The van der Waals surface area contributed by atoms with Crippen molar-refractivity contribution in [2.24, 2.45) is 0 Å². The highest BCUT2D eigenvalue weighted by Crippen LogP contribution is 2.22. The highest BCUT2D eigenvalue weighted by atomic mass is 19.1. The van der Waals surface area contributed by atoms with E-state index in [1.807, 2.05) is 24.3 Å². The Morgan fingerprint density at radius 3 is 2.73 bits per heavy atom. The van der Waals surface area contributed by atoms with E-state index in [1.165, 1.54) is 0 Å². The van der Waals surface area contributed by atoms with Gasteiger partial charge < -0.3 is 21.1 Å². The summed E-state index contributed by atoms with van der Waals surface area (Å²) in [6.07, 6.45) is 2.81. The SMILES string of the molecule is Nc1cccc(-c2ccc(CCNC3CC4COCC(C3)N4)c(F)c2)n1. The summed E-state index contributed by atoms with van der Waals surface area (Å²) in [6.45, 7) is 2.36.